The van der Waals surface area contributed by atoms with Gasteiger partial charge in [0.1, 0.15) is 11.2 Å². The molecule has 2 heterocycles. The Labute approximate surface area is 283 Å². The molecule has 0 fully saturated rings. The first-order valence-electron chi connectivity index (χ1n) is 16.2. The number of furan rings is 1. The van der Waals surface area contributed by atoms with Gasteiger partial charge in [0, 0.05) is 27.5 Å². The number of hydrogen-bond acceptors (Lipinski definition) is 4. The zero-order valence-corrected chi connectivity index (χ0v) is 26.3. The Hall–Kier alpha value is -6.83. The van der Waals surface area contributed by atoms with E-state index in [-0.39, 0.29) is 0 Å². The van der Waals surface area contributed by atoms with E-state index in [0.717, 1.165) is 72.3 Å². The second-order valence-corrected chi connectivity index (χ2v) is 12.2. The van der Waals surface area contributed by atoms with Crippen LogP contribution in [0.1, 0.15) is 5.56 Å². The van der Waals surface area contributed by atoms with Crippen molar-refractivity contribution >= 4 is 32.7 Å². The van der Waals surface area contributed by atoms with Gasteiger partial charge in [0.05, 0.1) is 23.0 Å². The Morgan fingerprint density at radius 2 is 1.10 bits per heavy atom. The number of nitrogens with zero attached hydrogens (tertiary/aromatic N) is 3. The lowest BCUT2D eigenvalue weighted by Gasteiger charge is -2.14. The monoisotopic (exact) mass is 625 g/mol. The highest BCUT2D eigenvalue weighted by atomic mass is 16.3. The largest absolute Gasteiger partial charge is 0.456 e. The Kier molecular flexibility index (Phi) is 6.81. The van der Waals surface area contributed by atoms with E-state index in [0.29, 0.717) is 11.4 Å². The molecule has 0 N–H and O–H groups in total. The second kappa shape index (κ2) is 11.8. The van der Waals surface area contributed by atoms with Crippen LogP contribution in [0.15, 0.2) is 168 Å². The van der Waals surface area contributed by atoms with E-state index in [1.54, 1.807) is 0 Å². The number of para-hydroxylation sites is 1. The molecular formula is C45H27N3O. The van der Waals surface area contributed by atoms with Gasteiger partial charge in [-0.05, 0) is 87.6 Å². The Morgan fingerprint density at radius 1 is 0.429 bits per heavy atom. The van der Waals surface area contributed by atoms with Crippen molar-refractivity contribution in [2.75, 3.05) is 0 Å². The number of aromatic nitrogens is 2. The van der Waals surface area contributed by atoms with E-state index in [9.17, 15) is 5.26 Å². The molecule has 9 aromatic rings. The molecule has 7 aromatic carbocycles. The van der Waals surface area contributed by atoms with Gasteiger partial charge >= 0.3 is 0 Å². The summed E-state index contributed by atoms with van der Waals surface area (Å²) in [5.74, 6) is 0.624. The minimum Gasteiger partial charge on any atom is -0.456 e. The molecule has 0 radical (unpaired) electrons. The lowest BCUT2D eigenvalue weighted by Crippen LogP contribution is -1.97. The summed E-state index contributed by atoms with van der Waals surface area (Å²) in [6.45, 7) is 0. The van der Waals surface area contributed by atoms with Gasteiger partial charge in [-0.15, -0.1) is 0 Å². The highest BCUT2D eigenvalue weighted by Gasteiger charge is 2.16. The van der Waals surface area contributed by atoms with Crippen LogP contribution < -0.4 is 0 Å². The minimum atomic E-state index is 0.585. The van der Waals surface area contributed by atoms with E-state index in [1.807, 2.05) is 78.9 Å². The summed E-state index contributed by atoms with van der Waals surface area (Å²) in [7, 11) is 0. The number of rotatable bonds is 5. The molecule has 0 bridgehead atoms. The fourth-order valence-corrected chi connectivity index (χ4v) is 6.69. The third-order valence-corrected chi connectivity index (χ3v) is 9.09. The van der Waals surface area contributed by atoms with E-state index in [4.69, 9.17) is 14.4 Å². The predicted octanol–water partition coefficient (Wildman–Crippen LogP) is 11.7. The van der Waals surface area contributed by atoms with Crippen LogP contribution in [0.2, 0.25) is 0 Å². The van der Waals surface area contributed by atoms with Gasteiger partial charge in [0.25, 0.3) is 0 Å². The summed E-state index contributed by atoms with van der Waals surface area (Å²) in [6.07, 6.45) is 0. The summed E-state index contributed by atoms with van der Waals surface area (Å²) in [6, 6.07) is 58.2. The molecular weight excluding hydrogens is 599 g/mol. The second-order valence-electron chi connectivity index (χ2n) is 12.2. The number of hydrogen-bond donors (Lipinski definition) is 0. The molecule has 4 heteroatoms. The number of fused-ring (bicyclic) bond motifs is 4. The van der Waals surface area contributed by atoms with Crippen molar-refractivity contribution in [1.29, 1.82) is 5.26 Å². The number of benzene rings is 7. The molecule has 0 aliphatic rings. The number of nitriles is 1. The van der Waals surface area contributed by atoms with Crippen molar-refractivity contribution in [3.05, 3.63) is 169 Å². The van der Waals surface area contributed by atoms with Crippen molar-refractivity contribution in [2.45, 2.75) is 0 Å². The summed E-state index contributed by atoms with van der Waals surface area (Å²) >= 11 is 0. The van der Waals surface area contributed by atoms with Crippen molar-refractivity contribution in [3.8, 4) is 62.2 Å². The molecule has 228 valence electrons. The standard InChI is InChI=1S/C45H27N3O/c46-28-29-10-8-15-33(22-29)41-27-42(48-45(47-41)31-12-2-1-3-13-31)36-24-34(23-35(25-36)38-18-9-14-30-11-4-5-16-37(30)38)32-20-21-44-40(26-32)39-17-6-7-19-43(39)49-44/h1-27H. The van der Waals surface area contributed by atoms with Crippen molar-refractivity contribution < 1.29 is 4.42 Å². The predicted molar refractivity (Wildman–Crippen MR) is 199 cm³/mol. The maximum atomic E-state index is 9.65. The van der Waals surface area contributed by atoms with Crippen LogP contribution >= 0.6 is 0 Å². The molecule has 0 spiro atoms. The average molecular weight is 626 g/mol. The van der Waals surface area contributed by atoms with E-state index in [1.165, 1.54) is 10.8 Å². The van der Waals surface area contributed by atoms with Crippen LogP contribution in [-0.2, 0) is 0 Å². The van der Waals surface area contributed by atoms with E-state index in [2.05, 4.69) is 91.0 Å². The van der Waals surface area contributed by atoms with Crippen LogP contribution in [-0.4, -0.2) is 9.97 Å². The van der Waals surface area contributed by atoms with Crippen molar-refractivity contribution in [3.63, 3.8) is 0 Å². The smallest absolute Gasteiger partial charge is 0.160 e. The zero-order chi connectivity index (χ0) is 32.7. The molecule has 49 heavy (non-hydrogen) atoms. The van der Waals surface area contributed by atoms with Crippen LogP contribution in [0.25, 0.3) is 88.9 Å². The van der Waals surface area contributed by atoms with Crippen LogP contribution in [0.4, 0.5) is 0 Å². The molecule has 0 unspecified atom stereocenters. The van der Waals surface area contributed by atoms with E-state index >= 15 is 0 Å². The van der Waals surface area contributed by atoms with Gasteiger partial charge in [0.2, 0.25) is 0 Å². The first-order chi connectivity index (χ1) is 24.2. The zero-order valence-electron chi connectivity index (χ0n) is 26.3. The van der Waals surface area contributed by atoms with Crippen LogP contribution in [0, 0.1) is 11.3 Å². The summed E-state index contributed by atoms with van der Waals surface area (Å²) in [5, 5.41) is 14.2. The van der Waals surface area contributed by atoms with Gasteiger partial charge in [-0.2, -0.15) is 5.26 Å². The fourth-order valence-electron chi connectivity index (χ4n) is 6.69. The molecule has 0 atom stereocenters. The van der Waals surface area contributed by atoms with Crippen molar-refractivity contribution in [2.24, 2.45) is 0 Å². The minimum absolute atomic E-state index is 0.585. The Bertz CT molecular complexity index is 2730. The summed E-state index contributed by atoms with van der Waals surface area (Å²) in [4.78, 5) is 10.2. The van der Waals surface area contributed by atoms with Crippen LogP contribution in [0.5, 0.6) is 0 Å². The molecule has 0 amide bonds. The van der Waals surface area contributed by atoms with Gasteiger partial charge in [0.15, 0.2) is 5.82 Å². The first-order valence-corrected chi connectivity index (χ1v) is 16.2. The van der Waals surface area contributed by atoms with Gasteiger partial charge in [-0.25, -0.2) is 9.97 Å². The van der Waals surface area contributed by atoms with Crippen LogP contribution in [0.3, 0.4) is 0 Å². The van der Waals surface area contributed by atoms with Gasteiger partial charge < -0.3 is 4.42 Å². The summed E-state index contributed by atoms with van der Waals surface area (Å²) < 4.78 is 6.17. The highest BCUT2D eigenvalue weighted by Crippen LogP contribution is 2.39. The molecule has 0 saturated heterocycles. The molecule has 0 aliphatic carbocycles. The molecule has 0 saturated carbocycles. The summed E-state index contributed by atoms with van der Waals surface area (Å²) in [5.41, 5.74) is 11.0. The molecule has 2 aromatic heterocycles. The van der Waals surface area contributed by atoms with Crippen molar-refractivity contribution in [1.82, 2.24) is 9.97 Å². The fraction of sp³-hybridized carbons (Fsp3) is 0. The third-order valence-electron chi connectivity index (χ3n) is 9.09. The first kappa shape index (κ1) is 28.4. The van der Waals surface area contributed by atoms with Gasteiger partial charge in [-0.3, -0.25) is 0 Å². The normalized spacial score (nSPS) is 11.2. The Balaban J connectivity index is 1.30. The molecule has 9 rings (SSSR count). The molecule has 0 aliphatic heterocycles. The quantitative estimate of drug-likeness (QED) is 0.191. The maximum Gasteiger partial charge on any atom is 0.160 e. The SMILES string of the molecule is N#Cc1cccc(-c2cc(-c3cc(-c4ccc5oc6ccccc6c5c4)cc(-c4cccc5ccccc45)c3)nc(-c3ccccc3)n2)c1. The van der Waals surface area contributed by atoms with Gasteiger partial charge in [-0.1, -0.05) is 109 Å². The lowest BCUT2D eigenvalue weighted by molar-refractivity contribution is 0.669. The van der Waals surface area contributed by atoms with E-state index < -0.39 is 0 Å². The lowest BCUT2D eigenvalue weighted by atomic mass is 9.91. The Morgan fingerprint density at radius 3 is 1.98 bits per heavy atom. The highest BCUT2D eigenvalue weighted by molar-refractivity contribution is 6.06. The average Bonchev–Trinajstić information content (AvgIpc) is 3.56. The maximum absolute atomic E-state index is 9.65. The topological polar surface area (TPSA) is 62.7 Å². The molecule has 4 nitrogen and oxygen atoms in total. The third kappa shape index (κ3) is 5.20.